The van der Waals surface area contributed by atoms with Crippen LogP contribution in [0.3, 0.4) is 0 Å². The van der Waals surface area contributed by atoms with E-state index in [0.29, 0.717) is 4.88 Å². The lowest BCUT2D eigenvalue weighted by molar-refractivity contribution is 0.0944. The lowest BCUT2D eigenvalue weighted by Crippen LogP contribution is -2.25. The molecule has 0 saturated heterocycles. The SMILES string of the molecule is CCN(CC)c1nc2sc(C(=O)NC(C)c3ccc(-n4cncn4)cc3)cc2s1. The molecule has 9 heteroatoms. The third-order valence-corrected chi connectivity index (χ3v) is 6.98. The second-order valence-electron chi connectivity index (χ2n) is 6.58. The number of rotatable bonds is 7. The maximum absolute atomic E-state index is 12.7. The fraction of sp³-hybridized carbons (Fsp3) is 0.300. The highest BCUT2D eigenvalue weighted by atomic mass is 32.1. The quantitative estimate of drug-likeness (QED) is 0.477. The molecule has 3 heterocycles. The van der Waals surface area contributed by atoms with Crippen molar-refractivity contribution in [3.8, 4) is 5.69 Å². The minimum atomic E-state index is -0.105. The van der Waals surface area contributed by atoms with Crippen LogP contribution in [-0.4, -0.2) is 38.7 Å². The van der Waals surface area contributed by atoms with E-state index in [4.69, 9.17) is 4.98 Å². The van der Waals surface area contributed by atoms with Crippen molar-refractivity contribution < 1.29 is 4.79 Å². The van der Waals surface area contributed by atoms with E-state index in [1.807, 2.05) is 37.3 Å². The van der Waals surface area contributed by atoms with E-state index in [2.05, 4.69) is 34.1 Å². The molecule has 0 spiro atoms. The molecule has 1 amide bonds. The van der Waals surface area contributed by atoms with E-state index in [9.17, 15) is 4.79 Å². The Bertz CT molecular complexity index is 1060. The number of carbonyl (C=O) groups is 1. The molecular weight excluding hydrogens is 404 g/mol. The molecular formula is C20H22N6OS2. The van der Waals surface area contributed by atoms with Crippen molar-refractivity contribution in [3.05, 3.63) is 53.4 Å². The Morgan fingerprint density at radius 3 is 2.59 bits per heavy atom. The van der Waals surface area contributed by atoms with Gasteiger partial charge in [-0.2, -0.15) is 5.10 Å². The van der Waals surface area contributed by atoms with Gasteiger partial charge in [0.2, 0.25) is 0 Å². The van der Waals surface area contributed by atoms with Crippen LogP contribution in [-0.2, 0) is 0 Å². The molecule has 0 aliphatic rings. The van der Waals surface area contributed by atoms with Crippen LogP contribution in [0.1, 0.15) is 42.0 Å². The summed E-state index contributed by atoms with van der Waals surface area (Å²) < 4.78 is 2.76. The second-order valence-corrected chi connectivity index (χ2v) is 8.62. The minimum Gasteiger partial charge on any atom is -0.349 e. The summed E-state index contributed by atoms with van der Waals surface area (Å²) in [5, 5.41) is 8.22. The molecule has 0 aliphatic carbocycles. The Hall–Kier alpha value is -2.78. The van der Waals surface area contributed by atoms with E-state index in [0.717, 1.165) is 39.0 Å². The summed E-state index contributed by atoms with van der Waals surface area (Å²) in [4.78, 5) is 25.2. The van der Waals surface area contributed by atoms with Crippen LogP contribution in [0.15, 0.2) is 43.0 Å². The van der Waals surface area contributed by atoms with Crippen molar-refractivity contribution in [2.24, 2.45) is 0 Å². The summed E-state index contributed by atoms with van der Waals surface area (Å²) >= 11 is 3.08. The van der Waals surface area contributed by atoms with Crippen molar-refractivity contribution in [3.63, 3.8) is 0 Å². The molecule has 4 rings (SSSR count). The first-order valence-corrected chi connectivity index (χ1v) is 11.1. The Morgan fingerprint density at radius 1 is 1.21 bits per heavy atom. The fourth-order valence-electron chi connectivity index (χ4n) is 3.07. The molecule has 1 unspecified atom stereocenters. The average Bonchev–Trinajstić information content (AvgIpc) is 3.45. The number of anilines is 1. The molecule has 4 aromatic rings. The highest BCUT2D eigenvalue weighted by molar-refractivity contribution is 7.29. The van der Waals surface area contributed by atoms with E-state index in [1.54, 1.807) is 22.3 Å². The number of nitrogens with zero attached hydrogens (tertiary/aromatic N) is 5. The van der Waals surface area contributed by atoms with Gasteiger partial charge < -0.3 is 10.2 Å². The lowest BCUT2D eigenvalue weighted by Gasteiger charge is -2.16. The van der Waals surface area contributed by atoms with Crippen LogP contribution in [0.5, 0.6) is 0 Å². The summed E-state index contributed by atoms with van der Waals surface area (Å²) in [5.41, 5.74) is 1.96. The number of thiophene rings is 1. The van der Waals surface area contributed by atoms with E-state index >= 15 is 0 Å². The number of amides is 1. The molecule has 1 N–H and O–H groups in total. The van der Waals surface area contributed by atoms with Gasteiger partial charge in [0, 0.05) is 13.1 Å². The molecule has 0 aliphatic heterocycles. The first-order chi connectivity index (χ1) is 14.1. The molecule has 1 atom stereocenters. The van der Waals surface area contributed by atoms with E-state index < -0.39 is 0 Å². The van der Waals surface area contributed by atoms with Crippen LogP contribution in [0.4, 0.5) is 5.13 Å². The van der Waals surface area contributed by atoms with Crippen LogP contribution in [0.25, 0.3) is 15.2 Å². The third-order valence-electron chi connectivity index (χ3n) is 4.76. The van der Waals surface area contributed by atoms with Gasteiger partial charge in [-0.05, 0) is 44.5 Å². The van der Waals surface area contributed by atoms with Crippen molar-refractivity contribution >= 4 is 43.2 Å². The molecule has 3 aromatic heterocycles. The van der Waals surface area contributed by atoms with Crippen LogP contribution < -0.4 is 10.2 Å². The molecule has 150 valence electrons. The summed E-state index contributed by atoms with van der Waals surface area (Å²) in [6.07, 6.45) is 3.16. The Balaban J connectivity index is 1.45. The second kappa shape index (κ2) is 8.30. The molecule has 0 radical (unpaired) electrons. The van der Waals surface area contributed by atoms with Crippen LogP contribution >= 0.6 is 22.7 Å². The van der Waals surface area contributed by atoms with Gasteiger partial charge >= 0.3 is 0 Å². The fourth-order valence-corrected chi connectivity index (χ4v) is 5.31. The van der Waals surface area contributed by atoms with Gasteiger partial charge in [0.25, 0.3) is 5.91 Å². The largest absolute Gasteiger partial charge is 0.349 e. The predicted molar refractivity (Wildman–Crippen MR) is 118 cm³/mol. The van der Waals surface area contributed by atoms with E-state index in [-0.39, 0.29) is 11.9 Å². The Labute approximate surface area is 177 Å². The van der Waals surface area contributed by atoms with Crippen LogP contribution in [0, 0.1) is 0 Å². The monoisotopic (exact) mass is 426 g/mol. The van der Waals surface area contributed by atoms with Gasteiger partial charge in [-0.15, -0.1) is 11.3 Å². The average molecular weight is 427 g/mol. The van der Waals surface area contributed by atoms with Gasteiger partial charge in [0.15, 0.2) is 5.13 Å². The summed E-state index contributed by atoms with van der Waals surface area (Å²) in [5.74, 6) is -0.0718. The minimum absolute atomic E-state index is 0.0718. The number of carbonyl (C=O) groups excluding carboxylic acids is 1. The number of fused-ring (bicyclic) bond motifs is 1. The highest BCUT2D eigenvalue weighted by Crippen LogP contribution is 2.34. The topological polar surface area (TPSA) is 75.9 Å². The number of benzene rings is 1. The highest BCUT2D eigenvalue weighted by Gasteiger charge is 2.18. The van der Waals surface area contributed by atoms with Crippen molar-refractivity contribution in [2.45, 2.75) is 26.8 Å². The van der Waals surface area contributed by atoms with Gasteiger partial charge in [0.05, 0.1) is 21.3 Å². The first kappa shape index (κ1) is 19.5. The van der Waals surface area contributed by atoms with Gasteiger partial charge in [-0.1, -0.05) is 23.5 Å². The smallest absolute Gasteiger partial charge is 0.261 e. The van der Waals surface area contributed by atoms with Gasteiger partial charge in [0.1, 0.15) is 17.5 Å². The Morgan fingerprint density at radius 2 is 1.97 bits per heavy atom. The third kappa shape index (κ3) is 4.01. The number of thiazole rings is 1. The predicted octanol–water partition coefficient (Wildman–Crippen LogP) is 4.28. The standard InChI is InChI=1S/C20H22N6OS2/c1-4-25(5-2)20-24-19-17(29-20)10-16(28-19)18(27)23-13(3)14-6-8-15(9-7-14)26-12-21-11-22-26/h6-13H,4-5H2,1-3H3,(H,23,27). The van der Waals surface area contributed by atoms with Gasteiger partial charge in [-0.3, -0.25) is 4.79 Å². The summed E-state index contributed by atoms with van der Waals surface area (Å²) in [7, 11) is 0. The molecule has 0 bridgehead atoms. The molecule has 0 saturated carbocycles. The van der Waals surface area contributed by atoms with Crippen molar-refractivity contribution in [1.82, 2.24) is 25.1 Å². The summed E-state index contributed by atoms with van der Waals surface area (Å²) in [6, 6.07) is 9.76. The van der Waals surface area contributed by atoms with Crippen molar-refractivity contribution in [1.29, 1.82) is 0 Å². The molecule has 29 heavy (non-hydrogen) atoms. The maximum atomic E-state index is 12.7. The number of aromatic nitrogens is 4. The maximum Gasteiger partial charge on any atom is 0.261 e. The van der Waals surface area contributed by atoms with E-state index in [1.165, 1.54) is 17.7 Å². The normalized spacial score (nSPS) is 12.2. The molecule has 7 nitrogen and oxygen atoms in total. The molecule has 0 fully saturated rings. The van der Waals surface area contributed by atoms with Crippen LogP contribution in [0.2, 0.25) is 0 Å². The Kier molecular flexibility index (Phi) is 5.59. The zero-order valence-electron chi connectivity index (χ0n) is 16.5. The zero-order chi connectivity index (χ0) is 20.4. The van der Waals surface area contributed by atoms with Crippen molar-refractivity contribution in [2.75, 3.05) is 18.0 Å². The number of hydrogen-bond donors (Lipinski definition) is 1. The molecule has 1 aromatic carbocycles. The number of hydrogen-bond acceptors (Lipinski definition) is 7. The zero-order valence-corrected chi connectivity index (χ0v) is 18.1. The lowest BCUT2D eigenvalue weighted by atomic mass is 10.1. The number of nitrogens with one attached hydrogen (secondary N) is 1. The first-order valence-electron chi connectivity index (χ1n) is 9.50. The van der Waals surface area contributed by atoms with Gasteiger partial charge in [-0.25, -0.2) is 14.6 Å². The summed E-state index contributed by atoms with van der Waals surface area (Å²) in [6.45, 7) is 8.08.